The van der Waals surface area contributed by atoms with Crippen LogP contribution in [0, 0.1) is 0 Å². The fraction of sp³-hybridized carbons (Fsp3) is 0.269. The Morgan fingerprint density at radius 3 is 2.44 bits per heavy atom. The first-order valence-corrected chi connectivity index (χ1v) is 11.0. The monoisotopic (exact) mass is 428 g/mol. The number of carbonyl (C=O) groups excluding carboxylic acids is 1. The third-order valence-electron chi connectivity index (χ3n) is 5.44. The highest BCUT2D eigenvalue weighted by Gasteiger charge is 2.11. The van der Waals surface area contributed by atoms with Gasteiger partial charge in [0.05, 0.1) is 11.8 Å². The van der Waals surface area contributed by atoms with Crippen molar-refractivity contribution < 1.29 is 9.53 Å². The zero-order valence-electron chi connectivity index (χ0n) is 18.9. The van der Waals surface area contributed by atoms with Gasteiger partial charge in [0.25, 0.3) is 5.91 Å². The summed E-state index contributed by atoms with van der Waals surface area (Å²) in [6.45, 7) is 8.41. The third kappa shape index (κ3) is 4.80. The summed E-state index contributed by atoms with van der Waals surface area (Å²) in [6, 6.07) is 21.0. The fourth-order valence-corrected chi connectivity index (χ4v) is 3.33. The SMILES string of the molecule is CCC(C)Oc1cccc(C(=O)Nc2ccc3nn(-c4ccc(C(C)C)cc4)nc3c2)c1. The number of amides is 1. The van der Waals surface area contributed by atoms with E-state index in [1.54, 1.807) is 16.9 Å². The first-order chi connectivity index (χ1) is 15.4. The number of carbonyl (C=O) groups is 1. The number of fused-ring (bicyclic) bond motifs is 1. The molecule has 0 bridgehead atoms. The van der Waals surface area contributed by atoms with Gasteiger partial charge in [-0.3, -0.25) is 4.79 Å². The van der Waals surface area contributed by atoms with Crippen molar-refractivity contribution in [3.8, 4) is 11.4 Å². The van der Waals surface area contributed by atoms with Gasteiger partial charge in [-0.2, -0.15) is 4.80 Å². The number of aromatic nitrogens is 3. The smallest absolute Gasteiger partial charge is 0.255 e. The van der Waals surface area contributed by atoms with E-state index in [4.69, 9.17) is 4.74 Å². The molecule has 164 valence electrons. The van der Waals surface area contributed by atoms with Gasteiger partial charge in [0, 0.05) is 11.3 Å². The van der Waals surface area contributed by atoms with E-state index in [1.807, 2.05) is 49.4 Å². The zero-order chi connectivity index (χ0) is 22.7. The second kappa shape index (κ2) is 9.22. The van der Waals surface area contributed by atoms with E-state index >= 15 is 0 Å². The van der Waals surface area contributed by atoms with Crippen LogP contribution < -0.4 is 10.1 Å². The van der Waals surface area contributed by atoms with Crippen LogP contribution in [0.1, 0.15) is 56.0 Å². The average molecular weight is 429 g/mol. The van der Waals surface area contributed by atoms with E-state index in [-0.39, 0.29) is 12.0 Å². The van der Waals surface area contributed by atoms with Gasteiger partial charge in [-0.1, -0.05) is 39.0 Å². The number of nitrogens with zero attached hydrogens (tertiary/aromatic N) is 3. The summed E-state index contributed by atoms with van der Waals surface area (Å²) < 4.78 is 5.83. The molecule has 0 aliphatic carbocycles. The molecule has 1 amide bonds. The standard InChI is InChI=1S/C26H28N4O2/c1-5-18(4)32-23-8-6-7-20(15-23)26(31)27-21-11-14-24-25(16-21)29-30(28-24)22-12-9-19(10-13-22)17(2)3/h6-18H,5H2,1-4H3,(H,27,31). The second-order valence-electron chi connectivity index (χ2n) is 8.26. The summed E-state index contributed by atoms with van der Waals surface area (Å²) in [7, 11) is 0. The lowest BCUT2D eigenvalue weighted by Crippen LogP contribution is -2.13. The van der Waals surface area contributed by atoms with E-state index in [0.29, 0.717) is 28.4 Å². The number of nitrogens with one attached hydrogen (secondary N) is 1. The van der Waals surface area contributed by atoms with Gasteiger partial charge in [-0.25, -0.2) is 0 Å². The van der Waals surface area contributed by atoms with Crippen molar-refractivity contribution in [2.75, 3.05) is 5.32 Å². The molecule has 0 saturated carbocycles. The maximum absolute atomic E-state index is 12.8. The number of anilines is 1. The summed E-state index contributed by atoms with van der Waals surface area (Å²) in [4.78, 5) is 14.4. The fourth-order valence-electron chi connectivity index (χ4n) is 3.33. The van der Waals surface area contributed by atoms with Crippen LogP contribution in [0.15, 0.2) is 66.7 Å². The van der Waals surface area contributed by atoms with Crippen molar-refractivity contribution in [1.29, 1.82) is 0 Å². The van der Waals surface area contributed by atoms with Crippen molar-refractivity contribution in [3.05, 3.63) is 77.9 Å². The van der Waals surface area contributed by atoms with Gasteiger partial charge in [-0.05, 0) is 73.4 Å². The van der Waals surface area contributed by atoms with Crippen LogP contribution in [0.3, 0.4) is 0 Å². The minimum atomic E-state index is -0.199. The van der Waals surface area contributed by atoms with Crippen molar-refractivity contribution in [3.63, 3.8) is 0 Å². The van der Waals surface area contributed by atoms with Crippen molar-refractivity contribution >= 4 is 22.6 Å². The molecule has 1 aromatic heterocycles. The lowest BCUT2D eigenvalue weighted by Gasteiger charge is -2.13. The largest absolute Gasteiger partial charge is 0.491 e. The molecule has 3 aromatic carbocycles. The van der Waals surface area contributed by atoms with Crippen molar-refractivity contribution in [1.82, 2.24) is 15.0 Å². The zero-order valence-corrected chi connectivity index (χ0v) is 18.9. The molecule has 0 aliphatic heterocycles. The number of hydrogen-bond acceptors (Lipinski definition) is 4. The molecule has 0 fully saturated rings. The predicted octanol–water partition coefficient (Wildman–Crippen LogP) is 5.97. The lowest BCUT2D eigenvalue weighted by molar-refractivity contribution is 0.102. The summed E-state index contributed by atoms with van der Waals surface area (Å²) >= 11 is 0. The Labute approximate surface area is 188 Å². The summed E-state index contributed by atoms with van der Waals surface area (Å²) in [5, 5.41) is 12.1. The molecule has 0 radical (unpaired) electrons. The Hall–Kier alpha value is -3.67. The Bertz CT molecular complexity index is 1230. The Morgan fingerprint density at radius 2 is 1.72 bits per heavy atom. The minimum absolute atomic E-state index is 0.0971. The first-order valence-electron chi connectivity index (χ1n) is 11.0. The number of hydrogen-bond donors (Lipinski definition) is 1. The predicted molar refractivity (Wildman–Crippen MR) is 128 cm³/mol. The molecule has 1 heterocycles. The molecule has 0 saturated heterocycles. The van der Waals surface area contributed by atoms with Crippen LogP contribution in [0.4, 0.5) is 5.69 Å². The van der Waals surface area contributed by atoms with Gasteiger partial charge >= 0.3 is 0 Å². The van der Waals surface area contributed by atoms with Crippen LogP contribution in [-0.4, -0.2) is 27.0 Å². The van der Waals surface area contributed by atoms with Crippen LogP contribution >= 0.6 is 0 Å². The summed E-state index contributed by atoms with van der Waals surface area (Å²) in [5.74, 6) is 0.965. The van der Waals surface area contributed by atoms with Crippen LogP contribution in [0.5, 0.6) is 5.75 Å². The highest BCUT2D eigenvalue weighted by Crippen LogP contribution is 2.21. The number of rotatable bonds is 7. The average Bonchev–Trinajstić information content (AvgIpc) is 3.22. The van der Waals surface area contributed by atoms with E-state index in [2.05, 4.69) is 48.4 Å². The lowest BCUT2D eigenvalue weighted by atomic mass is 10.0. The van der Waals surface area contributed by atoms with E-state index in [1.165, 1.54) is 5.56 Å². The molecule has 4 rings (SSSR count). The van der Waals surface area contributed by atoms with E-state index in [0.717, 1.165) is 17.6 Å². The highest BCUT2D eigenvalue weighted by atomic mass is 16.5. The Balaban J connectivity index is 1.52. The van der Waals surface area contributed by atoms with Crippen LogP contribution in [0.25, 0.3) is 16.7 Å². The molecule has 4 aromatic rings. The molecule has 6 heteroatoms. The molecule has 1 N–H and O–H groups in total. The summed E-state index contributed by atoms with van der Waals surface area (Å²) in [5.41, 5.74) is 4.85. The van der Waals surface area contributed by atoms with Crippen LogP contribution in [-0.2, 0) is 0 Å². The second-order valence-corrected chi connectivity index (χ2v) is 8.26. The quantitative estimate of drug-likeness (QED) is 0.393. The molecule has 1 atom stereocenters. The third-order valence-corrected chi connectivity index (χ3v) is 5.44. The minimum Gasteiger partial charge on any atom is -0.491 e. The van der Waals surface area contributed by atoms with E-state index < -0.39 is 0 Å². The first kappa shape index (κ1) is 21.6. The van der Waals surface area contributed by atoms with Gasteiger partial charge in [0.15, 0.2) is 0 Å². The van der Waals surface area contributed by atoms with Gasteiger partial charge in [-0.15, -0.1) is 10.2 Å². The van der Waals surface area contributed by atoms with Gasteiger partial charge in [0.1, 0.15) is 16.8 Å². The topological polar surface area (TPSA) is 69.0 Å². The molecule has 0 spiro atoms. The molecule has 0 aliphatic rings. The molecular formula is C26H28N4O2. The van der Waals surface area contributed by atoms with Gasteiger partial charge in [0.2, 0.25) is 0 Å². The Morgan fingerprint density at radius 1 is 0.969 bits per heavy atom. The number of ether oxygens (including phenoxy) is 1. The molecule has 6 nitrogen and oxygen atoms in total. The normalized spacial score (nSPS) is 12.2. The Kier molecular flexibility index (Phi) is 6.21. The number of benzene rings is 3. The van der Waals surface area contributed by atoms with Crippen molar-refractivity contribution in [2.45, 2.75) is 46.1 Å². The molecular weight excluding hydrogens is 400 g/mol. The molecule has 32 heavy (non-hydrogen) atoms. The highest BCUT2D eigenvalue weighted by molar-refractivity contribution is 6.05. The maximum Gasteiger partial charge on any atom is 0.255 e. The summed E-state index contributed by atoms with van der Waals surface area (Å²) in [6.07, 6.45) is 0.999. The van der Waals surface area contributed by atoms with Crippen LogP contribution in [0.2, 0.25) is 0 Å². The maximum atomic E-state index is 12.8. The van der Waals surface area contributed by atoms with Crippen molar-refractivity contribution in [2.24, 2.45) is 0 Å². The van der Waals surface area contributed by atoms with Gasteiger partial charge < -0.3 is 10.1 Å². The molecule has 1 unspecified atom stereocenters. The van der Waals surface area contributed by atoms with E-state index in [9.17, 15) is 4.79 Å².